The van der Waals surface area contributed by atoms with Crippen LogP contribution in [0.5, 0.6) is 0 Å². The van der Waals surface area contributed by atoms with E-state index in [2.05, 4.69) is 27.8 Å². The number of carbonyl (C=O) groups excluding carboxylic acids is 3. The van der Waals surface area contributed by atoms with Gasteiger partial charge in [-0.1, -0.05) is 55.9 Å². The number of hydrogen-bond donors (Lipinski definition) is 4. The van der Waals surface area contributed by atoms with Gasteiger partial charge in [0.15, 0.2) is 0 Å². The quantitative estimate of drug-likeness (QED) is 0.370. The predicted molar refractivity (Wildman–Crippen MR) is 106 cm³/mol. The van der Waals surface area contributed by atoms with Crippen LogP contribution in [0.25, 0.3) is 0 Å². The molecule has 7 nitrogen and oxygen atoms in total. The van der Waals surface area contributed by atoms with E-state index in [0.717, 1.165) is 5.70 Å². The summed E-state index contributed by atoms with van der Waals surface area (Å²) in [7, 11) is 3.05. The number of rotatable bonds is 7. The summed E-state index contributed by atoms with van der Waals surface area (Å²) in [5, 5.41) is 11.7. The van der Waals surface area contributed by atoms with Gasteiger partial charge in [0.2, 0.25) is 17.7 Å². The zero-order chi connectivity index (χ0) is 19.4. The summed E-state index contributed by atoms with van der Waals surface area (Å²) in [4.78, 5) is 36.2. The Morgan fingerprint density at radius 3 is 1.77 bits per heavy atom. The number of piperazine rings is 2. The Balaban J connectivity index is 1.74. The maximum Gasteiger partial charge on any atom is 0.244 e. The first kappa shape index (κ1) is 21.0. The minimum atomic E-state index is -0.525. The zero-order valence-corrected chi connectivity index (χ0v) is 17.3. The molecular formula is C17H28N4O3S2. The molecule has 2 aliphatic heterocycles. The van der Waals surface area contributed by atoms with E-state index < -0.39 is 12.1 Å². The maximum absolute atomic E-state index is 12.1. The Morgan fingerprint density at radius 1 is 0.769 bits per heavy atom. The molecule has 2 heterocycles. The Hall–Kier alpha value is -1.35. The van der Waals surface area contributed by atoms with Crippen LogP contribution in [0.2, 0.25) is 0 Å². The standard InChI is InChI=1S/C17H28N4O3S2/c1-8(2)13-16(23)19-11(10(5)18-13)6-25-26-7-12-15(22)21-14(9(3)4)17(24)20-12/h8-9,11-14,18H,5-7H2,1-4H3,(H,19,23)(H,20,24)(H,21,22)/t11-,12-,13+,14+/m0/s1. The van der Waals surface area contributed by atoms with Gasteiger partial charge in [0.25, 0.3) is 0 Å². The van der Waals surface area contributed by atoms with Crippen molar-refractivity contribution in [2.45, 2.75) is 51.9 Å². The van der Waals surface area contributed by atoms with E-state index in [1.54, 1.807) is 10.8 Å². The van der Waals surface area contributed by atoms with Gasteiger partial charge < -0.3 is 21.3 Å². The maximum atomic E-state index is 12.1. The van der Waals surface area contributed by atoms with Gasteiger partial charge in [-0.3, -0.25) is 14.4 Å². The second kappa shape index (κ2) is 9.03. The Kier molecular flexibility index (Phi) is 7.28. The molecule has 0 unspecified atom stereocenters. The molecule has 4 N–H and O–H groups in total. The van der Waals surface area contributed by atoms with Crippen LogP contribution in [0.4, 0.5) is 0 Å². The summed E-state index contributed by atoms with van der Waals surface area (Å²) in [6.45, 7) is 11.8. The van der Waals surface area contributed by atoms with E-state index in [9.17, 15) is 14.4 Å². The molecule has 146 valence electrons. The number of carbonyl (C=O) groups is 3. The third-order valence-electron chi connectivity index (χ3n) is 4.46. The molecule has 2 saturated heterocycles. The molecule has 0 aromatic rings. The van der Waals surface area contributed by atoms with Gasteiger partial charge in [-0.25, -0.2) is 0 Å². The minimum absolute atomic E-state index is 0.0124. The Bertz CT molecular complexity index is 532. The largest absolute Gasteiger partial charge is 0.376 e. The van der Waals surface area contributed by atoms with Crippen LogP contribution in [0.15, 0.2) is 12.3 Å². The topological polar surface area (TPSA) is 99.3 Å². The lowest BCUT2D eigenvalue weighted by molar-refractivity contribution is -0.137. The third-order valence-corrected chi connectivity index (χ3v) is 6.88. The Labute approximate surface area is 162 Å². The second-order valence-electron chi connectivity index (χ2n) is 7.31. The normalized spacial score (nSPS) is 29.3. The SMILES string of the molecule is C=C1N[C@H](C(C)C)C(=O)N[C@H]1CSSC[C@@H]1NC(=O)[C@@H](C(C)C)NC1=O. The molecule has 2 aliphatic rings. The number of hydrogen-bond acceptors (Lipinski definition) is 6. The molecule has 0 bridgehead atoms. The third kappa shape index (κ3) is 5.09. The summed E-state index contributed by atoms with van der Waals surface area (Å²) in [5.41, 5.74) is 0.805. The molecule has 0 radical (unpaired) electrons. The number of nitrogens with one attached hydrogen (secondary N) is 4. The molecule has 4 atom stereocenters. The average molecular weight is 401 g/mol. The fraction of sp³-hybridized carbons (Fsp3) is 0.706. The van der Waals surface area contributed by atoms with E-state index in [0.29, 0.717) is 11.5 Å². The fourth-order valence-electron chi connectivity index (χ4n) is 2.79. The van der Waals surface area contributed by atoms with E-state index in [4.69, 9.17) is 0 Å². The minimum Gasteiger partial charge on any atom is -0.376 e. The van der Waals surface area contributed by atoms with Gasteiger partial charge in [0.05, 0.1) is 6.04 Å². The molecule has 3 amide bonds. The first-order valence-electron chi connectivity index (χ1n) is 8.81. The average Bonchev–Trinajstić information content (AvgIpc) is 2.56. The van der Waals surface area contributed by atoms with Crippen LogP contribution in [-0.2, 0) is 14.4 Å². The predicted octanol–water partition coefficient (Wildman–Crippen LogP) is 0.633. The lowest BCUT2D eigenvalue weighted by atomic mass is 9.99. The summed E-state index contributed by atoms with van der Waals surface area (Å²) in [6.07, 6.45) is 0. The monoisotopic (exact) mass is 400 g/mol. The first-order valence-corrected chi connectivity index (χ1v) is 11.3. The lowest BCUT2D eigenvalue weighted by Gasteiger charge is -2.34. The first-order chi connectivity index (χ1) is 12.2. The number of amides is 3. The summed E-state index contributed by atoms with van der Waals surface area (Å²) >= 11 is 0. The molecule has 9 heteroatoms. The smallest absolute Gasteiger partial charge is 0.244 e. The van der Waals surface area contributed by atoms with Gasteiger partial charge in [0, 0.05) is 17.2 Å². The molecule has 26 heavy (non-hydrogen) atoms. The summed E-state index contributed by atoms with van der Waals surface area (Å²) in [5.74, 6) is 1.08. The van der Waals surface area contributed by atoms with Crippen molar-refractivity contribution in [2.75, 3.05) is 11.5 Å². The van der Waals surface area contributed by atoms with Crippen molar-refractivity contribution >= 4 is 39.3 Å². The fourth-order valence-corrected chi connectivity index (χ4v) is 5.17. The van der Waals surface area contributed by atoms with Crippen molar-refractivity contribution in [3.8, 4) is 0 Å². The zero-order valence-electron chi connectivity index (χ0n) is 15.6. The van der Waals surface area contributed by atoms with Crippen molar-refractivity contribution in [1.29, 1.82) is 0 Å². The lowest BCUT2D eigenvalue weighted by Crippen LogP contribution is -2.63. The molecule has 0 aromatic heterocycles. The second-order valence-corrected chi connectivity index (χ2v) is 9.87. The van der Waals surface area contributed by atoms with Gasteiger partial charge in [-0.15, -0.1) is 0 Å². The van der Waals surface area contributed by atoms with Crippen molar-refractivity contribution in [1.82, 2.24) is 21.3 Å². The van der Waals surface area contributed by atoms with Crippen LogP contribution in [0.3, 0.4) is 0 Å². The van der Waals surface area contributed by atoms with Crippen LogP contribution in [0.1, 0.15) is 27.7 Å². The van der Waals surface area contributed by atoms with Gasteiger partial charge in [-0.2, -0.15) is 0 Å². The summed E-state index contributed by atoms with van der Waals surface area (Å²) < 4.78 is 0. The molecular weight excluding hydrogens is 372 g/mol. The van der Waals surface area contributed by atoms with Crippen molar-refractivity contribution in [3.05, 3.63) is 12.3 Å². The highest BCUT2D eigenvalue weighted by atomic mass is 33.1. The van der Waals surface area contributed by atoms with Crippen molar-refractivity contribution in [3.63, 3.8) is 0 Å². The van der Waals surface area contributed by atoms with E-state index in [-0.39, 0.29) is 41.6 Å². The molecule has 0 spiro atoms. The van der Waals surface area contributed by atoms with Gasteiger partial charge >= 0.3 is 0 Å². The molecule has 2 fully saturated rings. The Morgan fingerprint density at radius 2 is 1.23 bits per heavy atom. The van der Waals surface area contributed by atoms with E-state index in [1.807, 2.05) is 27.7 Å². The van der Waals surface area contributed by atoms with E-state index in [1.165, 1.54) is 10.8 Å². The van der Waals surface area contributed by atoms with Crippen LogP contribution in [-0.4, -0.2) is 53.4 Å². The molecule has 0 aromatic carbocycles. The van der Waals surface area contributed by atoms with Gasteiger partial charge in [0.1, 0.15) is 18.1 Å². The van der Waals surface area contributed by atoms with Crippen LogP contribution < -0.4 is 21.3 Å². The highest BCUT2D eigenvalue weighted by Gasteiger charge is 2.35. The van der Waals surface area contributed by atoms with Crippen LogP contribution >= 0.6 is 21.6 Å². The summed E-state index contributed by atoms with van der Waals surface area (Å²) in [6, 6.07) is -1.37. The highest BCUT2D eigenvalue weighted by Crippen LogP contribution is 2.26. The van der Waals surface area contributed by atoms with Crippen molar-refractivity contribution in [2.24, 2.45) is 11.8 Å². The van der Waals surface area contributed by atoms with Crippen molar-refractivity contribution < 1.29 is 14.4 Å². The molecule has 2 rings (SSSR count). The van der Waals surface area contributed by atoms with Gasteiger partial charge in [-0.05, 0) is 11.8 Å². The van der Waals surface area contributed by atoms with Crippen LogP contribution in [0, 0.1) is 11.8 Å². The molecule has 0 aliphatic carbocycles. The highest BCUT2D eigenvalue weighted by molar-refractivity contribution is 8.76. The molecule has 0 saturated carbocycles. The van der Waals surface area contributed by atoms with E-state index >= 15 is 0 Å².